The van der Waals surface area contributed by atoms with Crippen LogP contribution in [-0.2, 0) is 0 Å². The van der Waals surface area contributed by atoms with E-state index in [-0.39, 0.29) is 5.88 Å². The maximum atomic E-state index is 9.59. The van der Waals surface area contributed by atoms with E-state index in [0.29, 0.717) is 0 Å². The van der Waals surface area contributed by atoms with Gasteiger partial charge in [-0.05, 0) is 16.8 Å². The molecule has 3 heteroatoms. The van der Waals surface area contributed by atoms with Crippen LogP contribution in [0.2, 0.25) is 0 Å². The van der Waals surface area contributed by atoms with Crippen LogP contribution in [-0.4, -0.2) is 11.0 Å². The number of rotatable bonds is 2. The van der Waals surface area contributed by atoms with Gasteiger partial charge in [-0.2, -0.15) is 0 Å². The van der Waals surface area contributed by atoms with Crippen molar-refractivity contribution in [1.82, 2.24) is 0 Å². The minimum atomic E-state index is -0.544. The van der Waals surface area contributed by atoms with Gasteiger partial charge in [-0.25, -0.2) is 0 Å². The van der Waals surface area contributed by atoms with E-state index in [1.165, 1.54) is 4.70 Å². The first-order valence-corrected chi connectivity index (χ1v) is 5.44. The van der Waals surface area contributed by atoms with Gasteiger partial charge in [0.15, 0.2) is 0 Å². The molecule has 2 aromatic rings. The molecule has 0 bridgehead atoms. The van der Waals surface area contributed by atoms with Gasteiger partial charge in [-0.3, -0.25) is 0 Å². The zero-order valence-electron chi connectivity index (χ0n) is 6.90. The highest BCUT2D eigenvalue weighted by Crippen LogP contribution is 2.30. The Bertz CT molecular complexity index is 410. The summed E-state index contributed by atoms with van der Waals surface area (Å²) in [4.78, 5) is 0. The van der Waals surface area contributed by atoms with Crippen molar-refractivity contribution < 1.29 is 5.11 Å². The Kier molecular flexibility index (Phi) is 2.54. The Morgan fingerprint density at radius 2 is 2.15 bits per heavy atom. The average Bonchev–Trinajstić information content (AvgIpc) is 2.60. The number of hydrogen-bond acceptors (Lipinski definition) is 2. The topological polar surface area (TPSA) is 20.2 Å². The number of aliphatic hydroxyl groups is 1. The summed E-state index contributed by atoms with van der Waals surface area (Å²) in [6, 6.07) is 8.02. The number of hydrogen-bond donors (Lipinski definition) is 1. The second-order valence-corrected chi connectivity index (χ2v) is 4.08. The van der Waals surface area contributed by atoms with Gasteiger partial charge in [0.2, 0.25) is 0 Å². The van der Waals surface area contributed by atoms with Crippen LogP contribution in [0.15, 0.2) is 29.6 Å². The third kappa shape index (κ3) is 1.57. The lowest BCUT2D eigenvalue weighted by Crippen LogP contribution is -1.96. The summed E-state index contributed by atoms with van der Waals surface area (Å²) in [5.74, 6) is 0.251. The largest absolute Gasteiger partial charge is 0.387 e. The molecular weight excluding hydrogens is 204 g/mol. The fourth-order valence-electron chi connectivity index (χ4n) is 1.34. The van der Waals surface area contributed by atoms with Crippen molar-refractivity contribution in [2.24, 2.45) is 0 Å². The van der Waals surface area contributed by atoms with Crippen molar-refractivity contribution in [3.05, 3.63) is 35.2 Å². The molecule has 1 atom stereocenters. The van der Waals surface area contributed by atoms with E-state index in [0.717, 1.165) is 10.9 Å². The van der Waals surface area contributed by atoms with E-state index < -0.39 is 6.10 Å². The molecule has 0 spiro atoms. The predicted octanol–water partition coefficient (Wildman–Crippen LogP) is 3.17. The van der Waals surface area contributed by atoms with E-state index in [2.05, 4.69) is 0 Å². The highest BCUT2D eigenvalue weighted by atomic mass is 35.5. The van der Waals surface area contributed by atoms with Crippen LogP contribution in [0.1, 0.15) is 11.7 Å². The monoisotopic (exact) mass is 212 g/mol. The normalized spacial score (nSPS) is 13.4. The summed E-state index contributed by atoms with van der Waals surface area (Å²) < 4.78 is 1.20. The van der Waals surface area contributed by atoms with E-state index >= 15 is 0 Å². The summed E-state index contributed by atoms with van der Waals surface area (Å²) in [6.45, 7) is 0. The Morgan fingerprint density at radius 1 is 1.38 bits per heavy atom. The van der Waals surface area contributed by atoms with Crippen LogP contribution in [0.4, 0.5) is 0 Å². The van der Waals surface area contributed by atoms with Crippen LogP contribution in [0.25, 0.3) is 10.1 Å². The highest BCUT2D eigenvalue weighted by molar-refractivity contribution is 7.17. The molecule has 0 aliphatic rings. The van der Waals surface area contributed by atoms with Crippen molar-refractivity contribution in [3.8, 4) is 0 Å². The van der Waals surface area contributed by atoms with Crippen molar-refractivity contribution in [2.45, 2.75) is 6.10 Å². The van der Waals surface area contributed by atoms with Crippen molar-refractivity contribution in [3.63, 3.8) is 0 Å². The molecule has 0 radical (unpaired) electrons. The third-order valence-corrected chi connectivity index (χ3v) is 3.29. The molecule has 2 rings (SSSR count). The van der Waals surface area contributed by atoms with Crippen molar-refractivity contribution >= 4 is 33.0 Å². The van der Waals surface area contributed by atoms with Gasteiger partial charge in [-0.15, -0.1) is 22.9 Å². The van der Waals surface area contributed by atoms with E-state index in [9.17, 15) is 5.11 Å². The Hall–Kier alpha value is -0.570. The third-order valence-electron chi connectivity index (χ3n) is 2.02. The zero-order chi connectivity index (χ0) is 9.26. The number of aliphatic hydroxyl groups excluding tert-OH is 1. The van der Waals surface area contributed by atoms with E-state index in [4.69, 9.17) is 11.6 Å². The van der Waals surface area contributed by atoms with Gasteiger partial charge in [-0.1, -0.05) is 18.2 Å². The second-order valence-electron chi connectivity index (χ2n) is 2.86. The first-order valence-electron chi connectivity index (χ1n) is 4.03. The van der Waals surface area contributed by atoms with Gasteiger partial charge in [0.05, 0.1) is 12.0 Å². The van der Waals surface area contributed by atoms with Gasteiger partial charge in [0, 0.05) is 10.3 Å². The van der Waals surface area contributed by atoms with Crippen LogP contribution >= 0.6 is 22.9 Å². The van der Waals surface area contributed by atoms with Gasteiger partial charge < -0.3 is 5.11 Å². The number of thiophene rings is 1. The van der Waals surface area contributed by atoms with Gasteiger partial charge in [0.1, 0.15) is 0 Å². The van der Waals surface area contributed by atoms with Crippen LogP contribution < -0.4 is 0 Å². The summed E-state index contributed by atoms with van der Waals surface area (Å²) in [7, 11) is 0. The van der Waals surface area contributed by atoms with Crippen LogP contribution in [0.5, 0.6) is 0 Å². The molecule has 1 heterocycles. The molecule has 0 fully saturated rings. The van der Waals surface area contributed by atoms with Crippen molar-refractivity contribution in [2.75, 3.05) is 5.88 Å². The summed E-state index contributed by atoms with van der Waals surface area (Å²) in [5, 5.41) is 12.7. The SMILES string of the molecule is OC(CCl)c1csc2ccccc12. The first-order chi connectivity index (χ1) is 6.33. The highest BCUT2D eigenvalue weighted by Gasteiger charge is 2.10. The van der Waals surface area contributed by atoms with Crippen molar-refractivity contribution in [1.29, 1.82) is 0 Å². The van der Waals surface area contributed by atoms with Crippen LogP contribution in [0, 0.1) is 0 Å². The summed E-state index contributed by atoms with van der Waals surface area (Å²) in [6.07, 6.45) is -0.544. The molecule has 1 N–H and O–H groups in total. The number of alkyl halides is 1. The van der Waals surface area contributed by atoms with Crippen LogP contribution in [0.3, 0.4) is 0 Å². The Morgan fingerprint density at radius 3 is 2.92 bits per heavy atom. The maximum absolute atomic E-state index is 9.59. The first kappa shape index (κ1) is 9.00. The molecule has 1 unspecified atom stereocenters. The molecule has 1 aromatic heterocycles. The predicted molar refractivity (Wildman–Crippen MR) is 57.5 cm³/mol. The maximum Gasteiger partial charge on any atom is 0.0939 e. The molecule has 0 saturated carbocycles. The molecular formula is C10H9ClOS. The molecule has 0 aliphatic heterocycles. The fourth-order valence-corrected chi connectivity index (χ4v) is 2.51. The molecule has 0 aliphatic carbocycles. The smallest absolute Gasteiger partial charge is 0.0939 e. The second kappa shape index (κ2) is 3.66. The number of fused-ring (bicyclic) bond motifs is 1. The minimum Gasteiger partial charge on any atom is -0.387 e. The molecule has 1 aromatic carbocycles. The standard InChI is InChI=1S/C10H9ClOS/c11-5-9(12)8-6-13-10-4-2-1-3-7(8)10/h1-4,6,9,12H,5H2. The summed E-state index contributed by atoms with van der Waals surface area (Å²) in [5.41, 5.74) is 0.940. The summed E-state index contributed by atoms with van der Waals surface area (Å²) >= 11 is 7.24. The number of halogens is 1. The molecule has 0 saturated heterocycles. The fraction of sp³-hybridized carbons (Fsp3) is 0.200. The van der Waals surface area contributed by atoms with E-state index in [1.807, 2.05) is 29.6 Å². The number of benzene rings is 1. The molecule has 68 valence electrons. The molecule has 13 heavy (non-hydrogen) atoms. The molecule has 0 amide bonds. The lowest BCUT2D eigenvalue weighted by molar-refractivity contribution is 0.204. The average molecular weight is 213 g/mol. The lowest BCUT2D eigenvalue weighted by atomic mass is 10.1. The Balaban J connectivity index is 2.57. The Labute approximate surface area is 85.6 Å². The molecule has 1 nitrogen and oxygen atoms in total. The van der Waals surface area contributed by atoms with Gasteiger partial charge >= 0.3 is 0 Å². The lowest BCUT2D eigenvalue weighted by Gasteiger charge is -2.03. The van der Waals surface area contributed by atoms with E-state index in [1.54, 1.807) is 11.3 Å². The zero-order valence-corrected chi connectivity index (χ0v) is 8.48. The van der Waals surface area contributed by atoms with Gasteiger partial charge in [0.25, 0.3) is 0 Å². The quantitative estimate of drug-likeness (QED) is 0.759. The minimum absolute atomic E-state index is 0.251.